The van der Waals surface area contributed by atoms with Gasteiger partial charge in [0.1, 0.15) is 0 Å². The summed E-state index contributed by atoms with van der Waals surface area (Å²) in [5.41, 5.74) is 2.24. The predicted octanol–water partition coefficient (Wildman–Crippen LogP) is 4.52. The van der Waals surface area contributed by atoms with Crippen LogP contribution in [-0.4, -0.2) is 38.2 Å². The van der Waals surface area contributed by atoms with Crippen LogP contribution in [0.3, 0.4) is 0 Å². The summed E-state index contributed by atoms with van der Waals surface area (Å²) in [6.45, 7) is 6.48. The summed E-state index contributed by atoms with van der Waals surface area (Å²) < 4.78 is 27.9. The second-order valence-electron chi connectivity index (χ2n) is 7.72. The molecule has 0 heterocycles. The highest BCUT2D eigenvalue weighted by Gasteiger charge is 2.24. The van der Waals surface area contributed by atoms with Gasteiger partial charge in [-0.15, -0.1) is 0 Å². The maximum absolute atomic E-state index is 13.3. The highest BCUT2D eigenvalue weighted by Crippen LogP contribution is 2.24. The molecule has 0 spiro atoms. The fourth-order valence-corrected chi connectivity index (χ4v) is 5.15. The van der Waals surface area contributed by atoms with E-state index in [-0.39, 0.29) is 22.9 Å². The van der Waals surface area contributed by atoms with Gasteiger partial charge in [-0.05, 0) is 61.9 Å². The standard InChI is InChI=1S/C26H29N3O4S/c1-4-28(20(3)30)19-21-11-9-13-23(17-21)27-26(31)22-12-10-16-25(18-22)34(32,33)29(5-2)24-14-7-6-8-15-24/h6-18H,4-5,19H2,1-3H3,(H,27,31). The molecule has 0 aliphatic carbocycles. The van der Waals surface area contributed by atoms with Crippen molar-refractivity contribution in [3.8, 4) is 0 Å². The van der Waals surface area contributed by atoms with E-state index in [0.29, 0.717) is 24.5 Å². The summed E-state index contributed by atoms with van der Waals surface area (Å²) in [7, 11) is -3.85. The van der Waals surface area contributed by atoms with Crippen LogP contribution in [0.15, 0.2) is 83.8 Å². The molecule has 0 aliphatic rings. The van der Waals surface area contributed by atoms with Gasteiger partial charge in [-0.25, -0.2) is 8.42 Å². The highest BCUT2D eigenvalue weighted by atomic mass is 32.2. The second-order valence-corrected chi connectivity index (χ2v) is 9.58. The molecule has 0 aromatic heterocycles. The Balaban J connectivity index is 1.81. The predicted molar refractivity (Wildman–Crippen MR) is 134 cm³/mol. The molecule has 0 fully saturated rings. The van der Waals surface area contributed by atoms with Gasteiger partial charge < -0.3 is 10.2 Å². The Hall–Kier alpha value is -3.65. The van der Waals surface area contributed by atoms with Crippen LogP contribution in [0.5, 0.6) is 0 Å². The number of anilines is 2. The molecule has 0 saturated heterocycles. The second kappa shape index (κ2) is 11.0. The molecule has 3 aromatic carbocycles. The zero-order chi connectivity index (χ0) is 24.7. The zero-order valence-electron chi connectivity index (χ0n) is 19.6. The van der Waals surface area contributed by atoms with Crippen LogP contribution in [0.4, 0.5) is 11.4 Å². The number of sulfonamides is 1. The first-order valence-electron chi connectivity index (χ1n) is 11.1. The first-order chi connectivity index (χ1) is 16.3. The van der Waals surface area contributed by atoms with E-state index < -0.39 is 15.9 Å². The minimum atomic E-state index is -3.85. The third-order valence-electron chi connectivity index (χ3n) is 5.40. The maximum Gasteiger partial charge on any atom is 0.264 e. The van der Waals surface area contributed by atoms with Crippen molar-refractivity contribution in [2.45, 2.75) is 32.2 Å². The van der Waals surface area contributed by atoms with E-state index >= 15 is 0 Å². The monoisotopic (exact) mass is 479 g/mol. The van der Waals surface area contributed by atoms with Crippen LogP contribution in [0.25, 0.3) is 0 Å². The third-order valence-corrected chi connectivity index (χ3v) is 7.30. The van der Waals surface area contributed by atoms with Crippen molar-refractivity contribution >= 4 is 33.2 Å². The molecule has 0 radical (unpaired) electrons. The number of benzene rings is 3. The summed E-state index contributed by atoms with van der Waals surface area (Å²) >= 11 is 0. The van der Waals surface area contributed by atoms with Crippen LogP contribution in [0, 0.1) is 0 Å². The Kier molecular flexibility index (Phi) is 8.07. The fraction of sp³-hybridized carbons (Fsp3) is 0.231. The van der Waals surface area contributed by atoms with Gasteiger partial charge in [0.2, 0.25) is 5.91 Å². The van der Waals surface area contributed by atoms with Gasteiger partial charge >= 0.3 is 0 Å². The van der Waals surface area contributed by atoms with Gasteiger partial charge in [0.05, 0.1) is 10.6 Å². The molecule has 1 N–H and O–H groups in total. The van der Waals surface area contributed by atoms with Crippen molar-refractivity contribution in [2.24, 2.45) is 0 Å². The molecule has 3 aromatic rings. The lowest BCUT2D eigenvalue weighted by Gasteiger charge is -2.23. The molecular weight excluding hydrogens is 450 g/mol. The Morgan fingerprint density at radius 3 is 2.21 bits per heavy atom. The van der Waals surface area contributed by atoms with Gasteiger partial charge in [-0.3, -0.25) is 13.9 Å². The molecule has 178 valence electrons. The molecule has 0 atom stereocenters. The lowest BCUT2D eigenvalue weighted by atomic mass is 10.1. The molecule has 0 bridgehead atoms. The third kappa shape index (κ3) is 5.82. The number of nitrogens with one attached hydrogen (secondary N) is 1. The largest absolute Gasteiger partial charge is 0.339 e. The molecule has 0 saturated carbocycles. The maximum atomic E-state index is 13.3. The summed E-state index contributed by atoms with van der Waals surface area (Å²) in [5.74, 6) is -0.442. The van der Waals surface area contributed by atoms with Gasteiger partial charge in [0.15, 0.2) is 0 Å². The van der Waals surface area contributed by atoms with Gasteiger partial charge in [0.25, 0.3) is 15.9 Å². The van der Waals surface area contributed by atoms with E-state index in [1.54, 1.807) is 66.4 Å². The molecule has 3 rings (SSSR count). The van der Waals surface area contributed by atoms with Gasteiger partial charge in [-0.1, -0.05) is 36.4 Å². The Labute approximate surface area is 201 Å². The molecule has 8 heteroatoms. The van der Waals surface area contributed by atoms with E-state index in [1.165, 1.54) is 23.4 Å². The average molecular weight is 480 g/mol. The van der Waals surface area contributed by atoms with Gasteiger partial charge in [0, 0.05) is 37.8 Å². The Morgan fingerprint density at radius 1 is 0.853 bits per heavy atom. The zero-order valence-corrected chi connectivity index (χ0v) is 20.4. The van der Waals surface area contributed by atoms with Crippen LogP contribution in [-0.2, 0) is 21.4 Å². The molecule has 0 unspecified atom stereocenters. The van der Waals surface area contributed by atoms with Crippen molar-refractivity contribution in [3.63, 3.8) is 0 Å². The number of carbonyl (C=O) groups excluding carboxylic acids is 2. The summed E-state index contributed by atoms with van der Waals surface area (Å²) in [4.78, 5) is 26.4. The molecule has 0 aliphatic heterocycles. The van der Waals surface area contributed by atoms with Crippen molar-refractivity contribution in [1.29, 1.82) is 0 Å². The summed E-state index contributed by atoms with van der Waals surface area (Å²) in [5, 5.41) is 2.82. The van der Waals surface area contributed by atoms with E-state index in [4.69, 9.17) is 0 Å². The van der Waals surface area contributed by atoms with Crippen LogP contribution >= 0.6 is 0 Å². The van der Waals surface area contributed by atoms with Crippen LogP contribution in [0.2, 0.25) is 0 Å². The van der Waals surface area contributed by atoms with Crippen molar-refractivity contribution in [3.05, 3.63) is 90.0 Å². The Morgan fingerprint density at radius 2 is 1.56 bits per heavy atom. The lowest BCUT2D eigenvalue weighted by molar-refractivity contribution is -0.129. The minimum Gasteiger partial charge on any atom is -0.339 e. The quantitative estimate of drug-likeness (QED) is 0.489. The van der Waals surface area contributed by atoms with E-state index in [9.17, 15) is 18.0 Å². The summed E-state index contributed by atoms with van der Waals surface area (Å²) in [6, 6.07) is 22.1. The van der Waals surface area contributed by atoms with Crippen molar-refractivity contribution in [2.75, 3.05) is 22.7 Å². The number of carbonyl (C=O) groups is 2. The highest BCUT2D eigenvalue weighted by molar-refractivity contribution is 7.92. The van der Waals surface area contributed by atoms with E-state index in [2.05, 4.69) is 5.32 Å². The van der Waals surface area contributed by atoms with Gasteiger partial charge in [-0.2, -0.15) is 0 Å². The minimum absolute atomic E-state index is 0.0217. The fourth-order valence-electron chi connectivity index (χ4n) is 3.63. The topological polar surface area (TPSA) is 86.8 Å². The smallest absolute Gasteiger partial charge is 0.264 e. The number of amides is 2. The Bertz CT molecular complexity index is 1260. The van der Waals surface area contributed by atoms with Crippen LogP contribution < -0.4 is 9.62 Å². The first-order valence-corrected chi connectivity index (χ1v) is 12.5. The number of hydrogen-bond acceptors (Lipinski definition) is 4. The molecule has 7 nitrogen and oxygen atoms in total. The van der Waals surface area contributed by atoms with E-state index in [0.717, 1.165) is 5.56 Å². The van der Waals surface area contributed by atoms with Crippen molar-refractivity contribution in [1.82, 2.24) is 4.90 Å². The van der Waals surface area contributed by atoms with Crippen molar-refractivity contribution < 1.29 is 18.0 Å². The molecule has 2 amide bonds. The number of nitrogens with zero attached hydrogens (tertiary/aromatic N) is 2. The number of hydrogen-bond donors (Lipinski definition) is 1. The summed E-state index contributed by atoms with van der Waals surface area (Å²) in [6.07, 6.45) is 0. The van der Waals surface area contributed by atoms with Crippen LogP contribution in [0.1, 0.15) is 36.7 Å². The first kappa shape index (κ1) is 25.0. The average Bonchev–Trinajstić information content (AvgIpc) is 2.83. The molecule has 34 heavy (non-hydrogen) atoms. The number of rotatable bonds is 9. The normalized spacial score (nSPS) is 11.0. The SMILES string of the molecule is CCN(Cc1cccc(NC(=O)c2cccc(S(=O)(=O)N(CC)c3ccccc3)c2)c1)C(C)=O. The number of para-hydroxylation sites is 1. The van der Waals surface area contributed by atoms with E-state index in [1.807, 2.05) is 19.1 Å². The lowest BCUT2D eigenvalue weighted by Crippen LogP contribution is -2.31. The molecular formula is C26H29N3O4S.